The predicted molar refractivity (Wildman–Crippen MR) is 110 cm³/mol. The SMILES string of the molecule is COc1ccc(C(=O)N2CCN(Cc3nnnn3-c3ccccc3)CC2)c(OC)c1. The van der Waals surface area contributed by atoms with Crippen molar-refractivity contribution in [3.05, 3.63) is 59.9 Å². The molecule has 0 bridgehead atoms. The monoisotopic (exact) mass is 408 g/mol. The lowest BCUT2D eigenvalue weighted by Crippen LogP contribution is -2.48. The minimum absolute atomic E-state index is 0.0386. The fourth-order valence-electron chi connectivity index (χ4n) is 3.53. The zero-order valence-corrected chi connectivity index (χ0v) is 17.1. The Hall–Kier alpha value is -3.46. The minimum atomic E-state index is -0.0386. The predicted octanol–water partition coefficient (Wildman–Crippen LogP) is 1.64. The van der Waals surface area contributed by atoms with E-state index in [1.165, 1.54) is 0 Å². The Balaban J connectivity index is 1.39. The highest BCUT2D eigenvalue weighted by atomic mass is 16.5. The van der Waals surface area contributed by atoms with Crippen molar-refractivity contribution in [2.75, 3.05) is 40.4 Å². The van der Waals surface area contributed by atoms with E-state index in [0.717, 1.165) is 24.6 Å². The van der Waals surface area contributed by atoms with Gasteiger partial charge in [-0.3, -0.25) is 9.69 Å². The lowest BCUT2D eigenvalue weighted by molar-refractivity contribution is 0.0621. The van der Waals surface area contributed by atoms with Crippen LogP contribution in [-0.4, -0.2) is 76.3 Å². The quantitative estimate of drug-likeness (QED) is 0.613. The van der Waals surface area contributed by atoms with E-state index in [9.17, 15) is 4.79 Å². The van der Waals surface area contributed by atoms with E-state index >= 15 is 0 Å². The van der Waals surface area contributed by atoms with Crippen LogP contribution in [0.15, 0.2) is 48.5 Å². The number of ether oxygens (including phenoxy) is 2. The Morgan fingerprint density at radius 2 is 1.77 bits per heavy atom. The maximum Gasteiger partial charge on any atom is 0.257 e. The fourth-order valence-corrected chi connectivity index (χ4v) is 3.53. The Morgan fingerprint density at radius 1 is 1.00 bits per heavy atom. The molecule has 0 radical (unpaired) electrons. The molecule has 1 aliphatic rings. The number of benzene rings is 2. The van der Waals surface area contributed by atoms with Gasteiger partial charge in [-0.2, -0.15) is 4.68 Å². The van der Waals surface area contributed by atoms with Crippen molar-refractivity contribution in [2.24, 2.45) is 0 Å². The normalized spacial score (nSPS) is 14.5. The van der Waals surface area contributed by atoms with E-state index in [2.05, 4.69) is 20.4 Å². The second kappa shape index (κ2) is 8.91. The van der Waals surface area contributed by atoms with E-state index in [1.54, 1.807) is 37.1 Å². The van der Waals surface area contributed by atoms with Gasteiger partial charge < -0.3 is 14.4 Å². The Bertz CT molecular complexity index is 999. The summed E-state index contributed by atoms with van der Waals surface area (Å²) in [6, 6.07) is 15.1. The summed E-state index contributed by atoms with van der Waals surface area (Å²) in [5.74, 6) is 1.91. The number of piperazine rings is 1. The first-order valence-corrected chi connectivity index (χ1v) is 9.76. The molecule has 9 nitrogen and oxygen atoms in total. The second-order valence-electron chi connectivity index (χ2n) is 6.98. The number of aromatic nitrogens is 4. The summed E-state index contributed by atoms with van der Waals surface area (Å²) in [4.78, 5) is 17.1. The van der Waals surface area contributed by atoms with E-state index in [0.29, 0.717) is 36.7 Å². The first-order valence-electron chi connectivity index (χ1n) is 9.76. The molecule has 1 aromatic heterocycles. The van der Waals surface area contributed by atoms with Gasteiger partial charge >= 0.3 is 0 Å². The molecule has 1 amide bonds. The first-order chi connectivity index (χ1) is 14.7. The molecule has 0 saturated carbocycles. The van der Waals surface area contributed by atoms with Crippen LogP contribution in [0.2, 0.25) is 0 Å². The van der Waals surface area contributed by atoms with Gasteiger partial charge in [-0.15, -0.1) is 5.10 Å². The van der Waals surface area contributed by atoms with Gasteiger partial charge in [0.15, 0.2) is 5.82 Å². The third-order valence-corrected chi connectivity index (χ3v) is 5.20. The van der Waals surface area contributed by atoms with Crippen LogP contribution in [0, 0.1) is 0 Å². The van der Waals surface area contributed by atoms with Crippen LogP contribution in [0.4, 0.5) is 0 Å². The fraction of sp³-hybridized carbons (Fsp3) is 0.333. The van der Waals surface area contributed by atoms with E-state index in [4.69, 9.17) is 9.47 Å². The van der Waals surface area contributed by atoms with Gasteiger partial charge in [0.2, 0.25) is 0 Å². The van der Waals surface area contributed by atoms with Crippen molar-refractivity contribution in [1.82, 2.24) is 30.0 Å². The average Bonchev–Trinajstić information content (AvgIpc) is 3.27. The van der Waals surface area contributed by atoms with Crippen LogP contribution in [0.5, 0.6) is 11.5 Å². The molecule has 3 aromatic rings. The molecule has 1 saturated heterocycles. The summed E-state index contributed by atoms with van der Waals surface area (Å²) in [5.41, 5.74) is 1.47. The van der Waals surface area contributed by atoms with Crippen molar-refractivity contribution in [2.45, 2.75) is 6.54 Å². The number of para-hydroxylation sites is 1. The van der Waals surface area contributed by atoms with Crippen molar-refractivity contribution in [3.8, 4) is 17.2 Å². The van der Waals surface area contributed by atoms with Crippen molar-refractivity contribution in [3.63, 3.8) is 0 Å². The van der Waals surface area contributed by atoms with Gasteiger partial charge in [-0.05, 0) is 34.7 Å². The highest BCUT2D eigenvalue weighted by Crippen LogP contribution is 2.26. The van der Waals surface area contributed by atoms with Gasteiger partial charge in [-0.25, -0.2) is 0 Å². The summed E-state index contributed by atoms with van der Waals surface area (Å²) in [7, 11) is 3.14. The third-order valence-electron chi connectivity index (χ3n) is 5.20. The number of amides is 1. The number of hydrogen-bond acceptors (Lipinski definition) is 7. The van der Waals surface area contributed by atoms with E-state index < -0.39 is 0 Å². The molecule has 2 aromatic carbocycles. The highest BCUT2D eigenvalue weighted by molar-refractivity contribution is 5.97. The van der Waals surface area contributed by atoms with Gasteiger partial charge in [-0.1, -0.05) is 18.2 Å². The van der Waals surface area contributed by atoms with Crippen molar-refractivity contribution < 1.29 is 14.3 Å². The van der Waals surface area contributed by atoms with Gasteiger partial charge in [0.25, 0.3) is 5.91 Å². The van der Waals surface area contributed by atoms with Crippen LogP contribution in [0.3, 0.4) is 0 Å². The van der Waals surface area contributed by atoms with Crippen LogP contribution >= 0.6 is 0 Å². The molecule has 2 heterocycles. The maximum absolute atomic E-state index is 13.0. The largest absolute Gasteiger partial charge is 0.497 e. The van der Waals surface area contributed by atoms with E-state index in [-0.39, 0.29) is 5.91 Å². The molecule has 156 valence electrons. The summed E-state index contributed by atoms with van der Waals surface area (Å²) in [6.07, 6.45) is 0. The number of tetrazole rings is 1. The average molecular weight is 408 g/mol. The van der Waals surface area contributed by atoms with Crippen LogP contribution in [0.25, 0.3) is 5.69 Å². The summed E-state index contributed by atoms with van der Waals surface area (Å²) in [6.45, 7) is 3.36. The smallest absolute Gasteiger partial charge is 0.257 e. The Kier molecular flexibility index (Phi) is 5.89. The zero-order chi connectivity index (χ0) is 20.9. The molecule has 0 unspecified atom stereocenters. The molecular formula is C21H24N6O3. The molecule has 30 heavy (non-hydrogen) atoms. The number of nitrogens with zero attached hydrogens (tertiary/aromatic N) is 6. The molecule has 4 rings (SSSR count). The van der Waals surface area contributed by atoms with Crippen molar-refractivity contribution in [1.29, 1.82) is 0 Å². The van der Waals surface area contributed by atoms with E-state index in [1.807, 2.05) is 35.2 Å². The lowest BCUT2D eigenvalue weighted by Gasteiger charge is -2.34. The first kappa shape index (κ1) is 19.8. The van der Waals surface area contributed by atoms with Gasteiger partial charge in [0.1, 0.15) is 11.5 Å². The molecule has 0 atom stereocenters. The Morgan fingerprint density at radius 3 is 2.47 bits per heavy atom. The number of methoxy groups -OCH3 is 2. The maximum atomic E-state index is 13.0. The molecule has 1 fully saturated rings. The number of hydrogen-bond donors (Lipinski definition) is 0. The van der Waals surface area contributed by atoms with Crippen LogP contribution in [-0.2, 0) is 6.54 Å². The molecular weight excluding hydrogens is 384 g/mol. The lowest BCUT2D eigenvalue weighted by atomic mass is 10.1. The Labute approximate surface area is 174 Å². The zero-order valence-electron chi connectivity index (χ0n) is 17.1. The molecule has 0 N–H and O–H groups in total. The molecule has 0 spiro atoms. The van der Waals surface area contributed by atoms with Crippen LogP contribution in [0.1, 0.15) is 16.2 Å². The van der Waals surface area contributed by atoms with Crippen LogP contribution < -0.4 is 9.47 Å². The van der Waals surface area contributed by atoms with Crippen molar-refractivity contribution >= 4 is 5.91 Å². The molecule has 1 aliphatic heterocycles. The number of carbonyl (C=O) groups excluding carboxylic acids is 1. The molecule has 9 heteroatoms. The number of carbonyl (C=O) groups is 1. The summed E-state index contributed by atoms with van der Waals surface area (Å²) < 4.78 is 12.3. The van der Waals surface area contributed by atoms with Gasteiger partial charge in [0, 0.05) is 32.2 Å². The summed E-state index contributed by atoms with van der Waals surface area (Å²) >= 11 is 0. The number of rotatable bonds is 6. The second-order valence-corrected chi connectivity index (χ2v) is 6.98. The highest BCUT2D eigenvalue weighted by Gasteiger charge is 2.25. The standard InChI is InChI=1S/C21H24N6O3/c1-29-17-8-9-18(19(14-17)30-2)21(28)26-12-10-25(11-13-26)15-20-22-23-24-27(20)16-6-4-3-5-7-16/h3-9,14H,10-13,15H2,1-2H3. The minimum Gasteiger partial charge on any atom is -0.497 e. The van der Waals surface area contributed by atoms with Gasteiger partial charge in [0.05, 0.1) is 32.0 Å². The summed E-state index contributed by atoms with van der Waals surface area (Å²) in [5, 5.41) is 12.1. The molecule has 0 aliphatic carbocycles. The topological polar surface area (TPSA) is 85.6 Å². The third kappa shape index (κ3) is 4.11.